The maximum absolute atomic E-state index is 13.5. The van der Waals surface area contributed by atoms with E-state index in [0.717, 1.165) is 15.1 Å². The van der Waals surface area contributed by atoms with E-state index in [-0.39, 0.29) is 23.9 Å². The number of hydrogen-bond donors (Lipinski definition) is 1. The van der Waals surface area contributed by atoms with Crippen molar-refractivity contribution in [1.82, 2.24) is 19.5 Å². The molecule has 198 valence electrons. The van der Waals surface area contributed by atoms with Gasteiger partial charge in [-0.3, -0.25) is 9.59 Å². The monoisotopic (exact) mass is 536 g/mol. The lowest BCUT2D eigenvalue weighted by Crippen LogP contribution is -2.53. The van der Waals surface area contributed by atoms with E-state index in [1.54, 1.807) is 24.3 Å². The van der Waals surface area contributed by atoms with Gasteiger partial charge in [0.15, 0.2) is 10.8 Å². The van der Waals surface area contributed by atoms with Crippen LogP contribution in [-0.4, -0.2) is 71.6 Å². The summed E-state index contributed by atoms with van der Waals surface area (Å²) in [5.41, 5.74) is 0. The van der Waals surface area contributed by atoms with E-state index in [1.807, 2.05) is 37.3 Å². The van der Waals surface area contributed by atoms with Crippen molar-refractivity contribution in [3.63, 3.8) is 0 Å². The molecule has 2 aliphatic rings. The predicted octanol–water partition coefficient (Wildman–Crippen LogP) is 2.74. The lowest BCUT2D eigenvalue weighted by molar-refractivity contribution is -0.138. The summed E-state index contributed by atoms with van der Waals surface area (Å²) in [4.78, 5) is 44.6. The molecule has 2 aliphatic heterocycles. The van der Waals surface area contributed by atoms with Crippen LogP contribution in [0.5, 0.6) is 5.75 Å². The minimum absolute atomic E-state index is 0.139. The Kier molecular flexibility index (Phi) is 7.13. The third kappa shape index (κ3) is 4.86. The molecule has 2 aromatic carbocycles. The van der Waals surface area contributed by atoms with E-state index in [4.69, 9.17) is 4.74 Å². The fraction of sp³-hybridized carbons (Fsp3) is 0.333. The molecule has 0 aliphatic carbocycles. The largest absolute Gasteiger partial charge is 0.413 e. The third-order valence-corrected chi connectivity index (χ3v) is 8.76. The molecule has 2 saturated heterocycles. The molecule has 11 heteroatoms. The number of amides is 2. The standard InChI is InChI=1S/C27H28N4O6S/c1-2-7-21(29-27(34)37-20-12-11-18-8-3-4-9-19(18)16-20)26(33)30-15-13-22-25(30)23(32)17-31(22)38(35,36)24-10-5-6-14-28-24/h3-6,8-12,14,16,21-22,25H,2,7,13,15,17H2,1H3,(H,29,34). The SMILES string of the molecule is CCCC(NC(=O)Oc1ccc2ccccc2c1)C(=O)N1CCC2C1C(=O)CN2S(=O)(=O)c1ccccn1. The molecule has 1 N–H and O–H groups in total. The highest BCUT2D eigenvalue weighted by Crippen LogP contribution is 2.34. The van der Waals surface area contributed by atoms with Crippen molar-refractivity contribution in [2.75, 3.05) is 13.1 Å². The maximum Gasteiger partial charge on any atom is 0.413 e. The molecule has 0 spiro atoms. The summed E-state index contributed by atoms with van der Waals surface area (Å²) in [6.07, 6.45) is 1.85. The second-order valence-corrected chi connectivity index (χ2v) is 11.2. The zero-order chi connectivity index (χ0) is 26.9. The van der Waals surface area contributed by atoms with Gasteiger partial charge in [0, 0.05) is 12.7 Å². The Morgan fingerprint density at radius 1 is 1.11 bits per heavy atom. The fourth-order valence-electron chi connectivity index (χ4n) is 5.22. The molecule has 5 rings (SSSR count). The number of fused-ring (bicyclic) bond motifs is 2. The minimum atomic E-state index is -4.00. The molecule has 3 unspecified atom stereocenters. The van der Waals surface area contributed by atoms with Crippen LogP contribution in [0.1, 0.15) is 26.2 Å². The molecule has 2 fully saturated rings. The Hall–Kier alpha value is -3.83. The normalized spacial score (nSPS) is 20.3. The van der Waals surface area contributed by atoms with Crippen LogP contribution < -0.4 is 10.1 Å². The molecule has 1 aromatic heterocycles. The molecule has 2 amide bonds. The van der Waals surface area contributed by atoms with Gasteiger partial charge in [-0.05, 0) is 47.9 Å². The topological polar surface area (TPSA) is 126 Å². The number of hydrogen-bond acceptors (Lipinski definition) is 7. The van der Waals surface area contributed by atoms with Gasteiger partial charge in [-0.25, -0.2) is 18.2 Å². The van der Waals surface area contributed by atoms with Gasteiger partial charge < -0.3 is 15.0 Å². The Labute approximate surface area is 220 Å². The summed E-state index contributed by atoms with van der Waals surface area (Å²) in [6, 6.07) is 15.0. The zero-order valence-electron chi connectivity index (χ0n) is 20.8. The molecule has 38 heavy (non-hydrogen) atoms. The Balaban J connectivity index is 1.29. The van der Waals surface area contributed by atoms with Gasteiger partial charge in [-0.2, -0.15) is 4.31 Å². The molecular formula is C27H28N4O6S. The number of likely N-dealkylation sites (tertiary alicyclic amines) is 1. The number of aromatic nitrogens is 1. The summed E-state index contributed by atoms with van der Waals surface area (Å²) >= 11 is 0. The van der Waals surface area contributed by atoms with Crippen molar-refractivity contribution >= 4 is 38.6 Å². The van der Waals surface area contributed by atoms with Crippen molar-refractivity contribution < 1.29 is 27.5 Å². The van der Waals surface area contributed by atoms with Crippen molar-refractivity contribution in [2.45, 2.75) is 49.3 Å². The molecule has 0 radical (unpaired) electrons. The number of benzene rings is 2. The third-order valence-electron chi connectivity index (χ3n) is 6.97. The van der Waals surface area contributed by atoms with Crippen LogP contribution in [0.4, 0.5) is 4.79 Å². The van der Waals surface area contributed by atoms with E-state index in [9.17, 15) is 22.8 Å². The molecular weight excluding hydrogens is 508 g/mol. The van der Waals surface area contributed by atoms with Gasteiger partial charge >= 0.3 is 6.09 Å². The number of pyridine rings is 1. The van der Waals surface area contributed by atoms with Gasteiger partial charge in [0.2, 0.25) is 5.91 Å². The van der Waals surface area contributed by atoms with Gasteiger partial charge in [-0.1, -0.05) is 49.7 Å². The van der Waals surface area contributed by atoms with Gasteiger partial charge in [0.25, 0.3) is 10.0 Å². The maximum atomic E-state index is 13.5. The van der Waals surface area contributed by atoms with E-state index in [2.05, 4.69) is 10.3 Å². The van der Waals surface area contributed by atoms with Gasteiger partial charge in [0.05, 0.1) is 12.6 Å². The highest BCUT2D eigenvalue weighted by molar-refractivity contribution is 7.89. The number of Topliss-reactive ketones (excluding diaryl/α,β-unsaturated/α-hetero) is 1. The number of rotatable bonds is 7. The molecule has 3 aromatic rings. The second-order valence-electron chi connectivity index (χ2n) is 9.40. The highest BCUT2D eigenvalue weighted by Gasteiger charge is 2.54. The van der Waals surface area contributed by atoms with Crippen LogP contribution in [-0.2, 0) is 19.6 Å². The first-order chi connectivity index (χ1) is 18.3. The van der Waals surface area contributed by atoms with Gasteiger partial charge in [-0.15, -0.1) is 0 Å². The van der Waals surface area contributed by atoms with Crippen LogP contribution in [0.2, 0.25) is 0 Å². The van der Waals surface area contributed by atoms with Crippen molar-refractivity contribution in [3.8, 4) is 5.75 Å². The summed E-state index contributed by atoms with van der Waals surface area (Å²) in [5, 5.41) is 4.42. The predicted molar refractivity (Wildman–Crippen MR) is 139 cm³/mol. The first kappa shape index (κ1) is 25.8. The van der Waals surface area contributed by atoms with E-state index in [1.165, 1.54) is 17.2 Å². The number of nitrogens with zero attached hydrogens (tertiary/aromatic N) is 3. The van der Waals surface area contributed by atoms with Crippen molar-refractivity contribution in [2.24, 2.45) is 0 Å². The average molecular weight is 537 g/mol. The van der Waals surface area contributed by atoms with Crippen LogP contribution >= 0.6 is 0 Å². The fourth-order valence-corrected chi connectivity index (χ4v) is 6.78. The molecule has 0 saturated carbocycles. The lowest BCUT2D eigenvalue weighted by atomic mass is 10.1. The molecule has 3 atom stereocenters. The van der Waals surface area contributed by atoms with E-state index >= 15 is 0 Å². The summed E-state index contributed by atoms with van der Waals surface area (Å²) in [6.45, 7) is 1.76. The van der Waals surface area contributed by atoms with Gasteiger partial charge in [0.1, 0.15) is 17.8 Å². The van der Waals surface area contributed by atoms with Crippen LogP contribution in [0.3, 0.4) is 0 Å². The van der Waals surface area contributed by atoms with E-state index < -0.39 is 40.1 Å². The highest BCUT2D eigenvalue weighted by atomic mass is 32.2. The van der Waals surface area contributed by atoms with Crippen molar-refractivity contribution in [1.29, 1.82) is 0 Å². The number of nitrogens with one attached hydrogen (secondary N) is 1. The Morgan fingerprint density at radius 3 is 2.61 bits per heavy atom. The van der Waals surface area contributed by atoms with Crippen LogP contribution in [0.15, 0.2) is 71.9 Å². The van der Waals surface area contributed by atoms with E-state index in [0.29, 0.717) is 25.0 Å². The quantitative estimate of drug-likeness (QED) is 0.492. The minimum Gasteiger partial charge on any atom is -0.410 e. The van der Waals surface area contributed by atoms with Crippen LogP contribution in [0.25, 0.3) is 10.8 Å². The molecule has 3 heterocycles. The van der Waals surface area contributed by atoms with Crippen molar-refractivity contribution in [3.05, 3.63) is 66.9 Å². The smallest absolute Gasteiger partial charge is 0.410 e. The first-order valence-corrected chi connectivity index (χ1v) is 14.0. The number of ketones is 1. The summed E-state index contributed by atoms with van der Waals surface area (Å²) in [5.74, 6) is -0.443. The number of sulfonamides is 1. The van der Waals surface area contributed by atoms with Crippen LogP contribution in [0, 0.1) is 0 Å². The number of ether oxygens (including phenoxy) is 1. The second kappa shape index (κ2) is 10.5. The zero-order valence-corrected chi connectivity index (χ0v) is 21.6. The number of carbonyl (C=O) groups excluding carboxylic acids is 3. The Bertz CT molecular complexity index is 1480. The summed E-state index contributed by atoms with van der Waals surface area (Å²) < 4.78 is 32.9. The average Bonchev–Trinajstić information content (AvgIpc) is 3.50. The summed E-state index contributed by atoms with van der Waals surface area (Å²) in [7, 11) is -4.00. The number of carbonyl (C=O) groups is 3. The Morgan fingerprint density at radius 2 is 1.87 bits per heavy atom. The lowest BCUT2D eigenvalue weighted by Gasteiger charge is -2.28. The first-order valence-electron chi connectivity index (χ1n) is 12.5. The molecule has 0 bridgehead atoms. The molecule has 10 nitrogen and oxygen atoms in total.